The SMILES string of the molecule is N#Cc1cnc2ccccc2c1NC1C=CS(=O)(=O)C1. The van der Waals surface area contributed by atoms with Crippen molar-refractivity contribution in [2.24, 2.45) is 0 Å². The van der Waals surface area contributed by atoms with Crippen LogP contribution in [0, 0.1) is 11.3 Å². The first-order valence-corrected chi connectivity index (χ1v) is 7.76. The maximum absolute atomic E-state index is 11.4. The van der Waals surface area contributed by atoms with Gasteiger partial charge in [-0.05, 0) is 6.07 Å². The molecule has 1 unspecified atom stereocenters. The Kier molecular flexibility index (Phi) is 2.92. The summed E-state index contributed by atoms with van der Waals surface area (Å²) in [6, 6.07) is 9.20. The van der Waals surface area contributed by atoms with E-state index in [0.29, 0.717) is 11.3 Å². The zero-order valence-electron chi connectivity index (χ0n) is 10.4. The number of nitriles is 1. The molecule has 1 atom stereocenters. The molecule has 3 rings (SSSR count). The monoisotopic (exact) mass is 285 g/mol. The summed E-state index contributed by atoms with van der Waals surface area (Å²) in [7, 11) is -3.13. The van der Waals surface area contributed by atoms with Crippen LogP contribution < -0.4 is 5.32 Å². The number of para-hydroxylation sites is 1. The topological polar surface area (TPSA) is 82.8 Å². The number of fused-ring (bicyclic) bond motifs is 1. The first-order valence-electron chi connectivity index (χ1n) is 6.04. The fraction of sp³-hybridized carbons (Fsp3) is 0.143. The number of anilines is 1. The molecule has 1 aromatic heterocycles. The Morgan fingerprint density at radius 3 is 2.85 bits per heavy atom. The number of hydrogen-bond acceptors (Lipinski definition) is 5. The number of aromatic nitrogens is 1. The molecule has 0 bridgehead atoms. The highest BCUT2D eigenvalue weighted by Crippen LogP contribution is 2.27. The van der Waals surface area contributed by atoms with E-state index in [2.05, 4.69) is 16.4 Å². The van der Waals surface area contributed by atoms with Crippen LogP contribution in [0.25, 0.3) is 10.9 Å². The van der Waals surface area contributed by atoms with E-state index in [0.717, 1.165) is 10.9 Å². The molecule has 0 saturated heterocycles. The Balaban J connectivity index is 2.07. The predicted octanol–water partition coefficient (Wildman–Crippen LogP) is 1.83. The number of sulfone groups is 1. The van der Waals surface area contributed by atoms with Gasteiger partial charge in [0.05, 0.1) is 28.6 Å². The van der Waals surface area contributed by atoms with E-state index in [1.165, 1.54) is 11.6 Å². The minimum atomic E-state index is -3.13. The van der Waals surface area contributed by atoms with Crippen molar-refractivity contribution in [3.63, 3.8) is 0 Å². The van der Waals surface area contributed by atoms with Gasteiger partial charge in [0.1, 0.15) is 6.07 Å². The fourth-order valence-corrected chi connectivity index (χ4v) is 3.47. The van der Waals surface area contributed by atoms with Gasteiger partial charge in [-0.25, -0.2) is 8.42 Å². The molecule has 0 saturated carbocycles. The summed E-state index contributed by atoms with van der Waals surface area (Å²) in [5, 5.41) is 14.3. The highest BCUT2D eigenvalue weighted by molar-refractivity contribution is 7.94. The number of pyridine rings is 1. The molecule has 6 heteroatoms. The van der Waals surface area contributed by atoms with E-state index in [9.17, 15) is 13.7 Å². The number of nitrogens with zero attached hydrogens (tertiary/aromatic N) is 2. The van der Waals surface area contributed by atoms with E-state index in [4.69, 9.17) is 0 Å². The van der Waals surface area contributed by atoms with Gasteiger partial charge in [0, 0.05) is 17.0 Å². The van der Waals surface area contributed by atoms with Crippen molar-refractivity contribution < 1.29 is 8.42 Å². The Bertz CT molecular complexity index is 850. The molecular formula is C14H11N3O2S. The molecule has 0 amide bonds. The van der Waals surface area contributed by atoms with Gasteiger partial charge < -0.3 is 5.32 Å². The third kappa shape index (κ3) is 2.24. The van der Waals surface area contributed by atoms with Gasteiger partial charge in [0.25, 0.3) is 0 Å². The van der Waals surface area contributed by atoms with Gasteiger partial charge >= 0.3 is 0 Å². The standard InChI is InChI=1S/C14H11N3O2S/c15-7-10-8-16-13-4-2-1-3-12(13)14(10)17-11-5-6-20(18,19)9-11/h1-6,8,11H,9H2,(H,16,17). The van der Waals surface area contributed by atoms with E-state index in [1.807, 2.05) is 24.3 Å². The first-order chi connectivity index (χ1) is 9.59. The minimum absolute atomic E-state index is 0.00845. The average Bonchev–Trinajstić information content (AvgIpc) is 2.78. The van der Waals surface area contributed by atoms with Crippen LogP contribution in [0.2, 0.25) is 0 Å². The second kappa shape index (κ2) is 4.62. The van der Waals surface area contributed by atoms with Crippen molar-refractivity contribution in [2.45, 2.75) is 6.04 Å². The van der Waals surface area contributed by atoms with Gasteiger partial charge in [0.15, 0.2) is 9.84 Å². The molecule has 2 heterocycles. The Morgan fingerprint density at radius 1 is 1.35 bits per heavy atom. The lowest BCUT2D eigenvalue weighted by atomic mass is 10.1. The molecule has 20 heavy (non-hydrogen) atoms. The van der Waals surface area contributed by atoms with Crippen LogP contribution in [0.15, 0.2) is 41.9 Å². The summed E-state index contributed by atoms with van der Waals surface area (Å²) < 4.78 is 22.9. The van der Waals surface area contributed by atoms with Crippen molar-refractivity contribution in [1.29, 1.82) is 5.26 Å². The molecule has 0 radical (unpaired) electrons. The van der Waals surface area contributed by atoms with Crippen LogP contribution in [0.3, 0.4) is 0 Å². The second-order valence-electron chi connectivity index (χ2n) is 4.58. The second-order valence-corrected chi connectivity index (χ2v) is 6.52. The van der Waals surface area contributed by atoms with Crippen molar-refractivity contribution >= 4 is 26.4 Å². The number of rotatable bonds is 2. The largest absolute Gasteiger partial charge is 0.376 e. The summed E-state index contributed by atoms with van der Waals surface area (Å²) >= 11 is 0. The molecule has 0 spiro atoms. The third-order valence-electron chi connectivity index (χ3n) is 3.16. The lowest BCUT2D eigenvalue weighted by molar-refractivity contribution is 0.605. The third-order valence-corrected chi connectivity index (χ3v) is 4.55. The molecule has 2 aromatic rings. The Morgan fingerprint density at radius 2 is 2.15 bits per heavy atom. The summed E-state index contributed by atoms with van der Waals surface area (Å²) in [6.07, 6.45) is 3.10. The summed E-state index contributed by atoms with van der Waals surface area (Å²) in [5.74, 6) is 0.00845. The zero-order chi connectivity index (χ0) is 14.2. The van der Waals surface area contributed by atoms with Crippen molar-refractivity contribution in [2.75, 3.05) is 11.1 Å². The van der Waals surface area contributed by atoms with Crippen molar-refractivity contribution in [3.8, 4) is 6.07 Å². The molecule has 5 nitrogen and oxygen atoms in total. The van der Waals surface area contributed by atoms with Crippen LogP contribution in [0.5, 0.6) is 0 Å². The lowest BCUT2D eigenvalue weighted by Crippen LogP contribution is -2.21. The first kappa shape index (κ1) is 12.6. The number of benzene rings is 1. The van der Waals surface area contributed by atoms with Gasteiger partial charge in [-0.1, -0.05) is 24.3 Å². The summed E-state index contributed by atoms with van der Waals surface area (Å²) in [4.78, 5) is 4.22. The number of nitrogens with one attached hydrogen (secondary N) is 1. The zero-order valence-corrected chi connectivity index (χ0v) is 11.3. The van der Waals surface area contributed by atoms with Crippen LogP contribution in [0.1, 0.15) is 5.56 Å². The van der Waals surface area contributed by atoms with Crippen LogP contribution in [-0.4, -0.2) is 25.2 Å². The Hall–Kier alpha value is -2.39. The molecule has 0 aliphatic carbocycles. The molecule has 1 aliphatic rings. The number of hydrogen-bond donors (Lipinski definition) is 1. The maximum atomic E-state index is 11.4. The van der Waals surface area contributed by atoms with Crippen LogP contribution in [-0.2, 0) is 9.84 Å². The van der Waals surface area contributed by atoms with Crippen LogP contribution in [0.4, 0.5) is 5.69 Å². The highest BCUT2D eigenvalue weighted by Gasteiger charge is 2.23. The van der Waals surface area contributed by atoms with Gasteiger partial charge in [-0.2, -0.15) is 5.26 Å². The van der Waals surface area contributed by atoms with Gasteiger partial charge in [0.2, 0.25) is 0 Å². The molecule has 1 N–H and O–H groups in total. The molecule has 100 valence electrons. The summed E-state index contributed by atoms with van der Waals surface area (Å²) in [5.41, 5.74) is 1.80. The quantitative estimate of drug-likeness (QED) is 0.910. The molecule has 0 fully saturated rings. The average molecular weight is 285 g/mol. The van der Waals surface area contributed by atoms with E-state index in [-0.39, 0.29) is 11.8 Å². The van der Waals surface area contributed by atoms with Crippen LogP contribution >= 0.6 is 0 Å². The molecular weight excluding hydrogens is 274 g/mol. The molecule has 1 aliphatic heterocycles. The van der Waals surface area contributed by atoms with Gasteiger partial charge in [-0.3, -0.25) is 4.98 Å². The van der Waals surface area contributed by atoms with E-state index in [1.54, 1.807) is 6.08 Å². The highest BCUT2D eigenvalue weighted by atomic mass is 32.2. The summed E-state index contributed by atoms with van der Waals surface area (Å²) in [6.45, 7) is 0. The van der Waals surface area contributed by atoms with Crippen molar-refractivity contribution in [3.05, 3.63) is 47.5 Å². The van der Waals surface area contributed by atoms with E-state index < -0.39 is 9.84 Å². The van der Waals surface area contributed by atoms with Crippen molar-refractivity contribution in [1.82, 2.24) is 4.98 Å². The maximum Gasteiger partial charge on any atom is 0.173 e. The fourth-order valence-electron chi connectivity index (χ4n) is 2.23. The smallest absolute Gasteiger partial charge is 0.173 e. The lowest BCUT2D eigenvalue weighted by Gasteiger charge is -2.15. The van der Waals surface area contributed by atoms with E-state index >= 15 is 0 Å². The minimum Gasteiger partial charge on any atom is -0.376 e. The normalized spacial score (nSPS) is 19.9. The molecule has 1 aromatic carbocycles. The Labute approximate surface area is 116 Å². The van der Waals surface area contributed by atoms with Gasteiger partial charge in [-0.15, -0.1) is 0 Å². The predicted molar refractivity (Wildman–Crippen MR) is 76.8 cm³/mol.